The van der Waals surface area contributed by atoms with E-state index in [0.29, 0.717) is 17.5 Å². The second-order valence-corrected chi connectivity index (χ2v) is 6.49. The molecular weight excluding hydrogens is 354 g/mol. The third-order valence-corrected chi connectivity index (χ3v) is 4.77. The zero-order valence-corrected chi connectivity index (χ0v) is 15.3. The van der Waals surface area contributed by atoms with Gasteiger partial charge in [-0.25, -0.2) is 4.79 Å². The number of para-hydroxylation sites is 2. The van der Waals surface area contributed by atoms with Gasteiger partial charge in [-0.1, -0.05) is 36.4 Å². The lowest BCUT2D eigenvalue weighted by atomic mass is 10.0. The van der Waals surface area contributed by atoms with E-state index in [1.807, 2.05) is 48.7 Å². The Bertz CT molecular complexity index is 1160. The minimum atomic E-state index is -0.810. The Morgan fingerprint density at radius 1 is 1.11 bits per heavy atom. The predicted molar refractivity (Wildman–Crippen MR) is 107 cm³/mol. The number of carbonyl (C=O) groups excluding carboxylic acids is 2. The van der Waals surface area contributed by atoms with Crippen LogP contribution in [0.4, 0.5) is 0 Å². The molecule has 1 unspecified atom stereocenters. The Labute approximate surface area is 161 Å². The summed E-state index contributed by atoms with van der Waals surface area (Å²) < 4.78 is 4.92. The molecule has 2 N–H and O–H groups in total. The van der Waals surface area contributed by atoms with Crippen molar-refractivity contribution >= 4 is 33.7 Å². The average Bonchev–Trinajstić information content (AvgIpc) is 3.15. The highest BCUT2D eigenvalue weighted by molar-refractivity contribution is 6.06. The normalized spacial score (nSPS) is 12.0. The van der Waals surface area contributed by atoms with E-state index in [4.69, 9.17) is 4.74 Å². The number of ether oxygens (including phenoxy) is 1. The number of fused-ring (bicyclic) bond motifs is 2. The number of pyridine rings is 1. The summed E-state index contributed by atoms with van der Waals surface area (Å²) in [7, 11) is 1.32. The van der Waals surface area contributed by atoms with Crippen LogP contribution in [0.5, 0.6) is 0 Å². The quantitative estimate of drug-likeness (QED) is 0.526. The molecule has 0 saturated heterocycles. The van der Waals surface area contributed by atoms with Crippen LogP contribution in [0, 0.1) is 0 Å². The van der Waals surface area contributed by atoms with Crippen LogP contribution >= 0.6 is 0 Å². The van der Waals surface area contributed by atoms with Gasteiger partial charge in [-0.2, -0.15) is 0 Å². The number of amides is 1. The van der Waals surface area contributed by atoms with Crippen LogP contribution in [0.25, 0.3) is 21.8 Å². The molecule has 2 heterocycles. The molecule has 0 bridgehead atoms. The van der Waals surface area contributed by atoms with E-state index in [1.54, 1.807) is 18.3 Å². The van der Waals surface area contributed by atoms with Crippen LogP contribution in [-0.2, 0) is 16.0 Å². The molecule has 0 aliphatic rings. The maximum atomic E-state index is 12.9. The number of H-pyrrole nitrogens is 1. The van der Waals surface area contributed by atoms with E-state index >= 15 is 0 Å². The van der Waals surface area contributed by atoms with Gasteiger partial charge in [0.1, 0.15) is 6.04 Å². The van der Waals surface area contributed by atoms with E-state index < -0.39 is 12.0 Å². The molecule has 4 aromatic rings. The van der Waals surface area contributed by atoms with Gasteiger partial charge in [-0.05, 0) is 23.8 Å². The molecule has 6 nitrogen and oxygen atoms in total. The highest BCUT2D eigenvalue weighted by Crippen LogP contribution is 2.20. The highest BCUT2D eigenvalue weighted by Gasteiger charge is 2.24. The third kappa shape index (κ3) is 3.32. The molecule has 1 atom stereocenters. The number of benzene rings is 2. The van der Waals surface area contributed by atoms with Gasteiger partial charge in [-0.15, -0.1) is 0 Å². The Morgan fingerprint density at radius 3 is 2.79 bits per heavy atom. The fourth-order valence-electron chi connectivity index (χ4n) is 3.38. The lowest BCUT2D eigenvalue weighted by molar-refractivity contribution is -0.142. The van der Waals surface area contributed by atoms with Crippen molar-refractivity contribution in [3.05, 3.63) is 78.1 Å². The molecule has 28 heavy (non-hydrogen) atoms. The molecular formula is C22H19N3O3. The number of nitrogens with zero attached hydrogens (tertiary/aromatic N) is 1. The number of rotatable bonds is 5. The first kappa shape index (κ1) is 17.7. The van der Waals surface area contributed by atoms with E-state index in [9.17, 15) is 9.59 Å². The molecule has 1 amide bonds. The number of methoxy groups -OCH3 is 1. The van der Waals surface area contributed by atoms with Crippen molar-refractivity contribution in [2.75, 3.05) is 7.11 Å². The lowest BCUT2D eigenvalue weighted by Gasteiger charge is -2.17. The van der Waals surface area contributed by atoms with Crippen molar-refractivity contribution in [3.8, 4) is 0 Å². The third-order valence-electron chi connectivity index (χ3n) is 4.77. The van der Waals surface area contributed by atoms with Crippen molar-refractivity contribution in [1.82, 2.24) is 15.3 Å². The van der Waals surface area contributed by atoms with Gasteiger partial charge in [0.2, 0.25) is 0 Å². The standard InChI is InChI=1S/C22H19N3O3/c1-28-22(27)19(12-15-13-24-18-10-3-2-8-16(15)18)25-21(26)17-9-4-6-14-7-5-11-23-20(14)17/h2-11,13,19,24H,12H2,1H3,(H,25,26). The summed E-state index contributed by atoms with van der Waals surface area (Å²) in [5.41, 5.74) is 2.93. The predicted octanol–water partition coefficient (Wildman–Crippen LogP) is 3.23. The molecule has 6 heteroatoms. The second kappa shape index (κ2) is 7.52. The molecule has 140 valence electrons. The van der Waals surface area contributed by atoms with Crippen molar-refractivity contribution in [1.29, 1.82) is 0 Å². The SMILES string of the molecule is COC(=O)C(Cc1c[nH]c2ccccc12)NC(=O)c1cccc2cccnc12. The van der Waals surface area contributed by atoms with E-state index in [1.165, 1.54) is 7.11 Å². The maximum absolute atomic E-state index is 12.9. The van der Waals surface area contributed by atoms with Crippen molar-refractivity contribution in [2.24, 2.45) is 0 Å². The van der Waals surface area contributed by atoms with Crippen LogP contribution < -0.4 is 5.32 Å². The van der Waals surface area contributed by atoms with Crippen molar-refractivity contribution in [2.45, 2.75) is 12.5 Å². The van der Waals surface area contributed by atoms with E-state index in [0.717, 1.165) is 21.9 Å². The molecule has 0 fully saturated rings. The van der Waals surface area contributed by atoms with Crippen LogP contribution in [0.1, 0.15) is 15.9 Å². The summed E-state index contributed by atoms with van der Waals surface area (Å²) in [5, 5.41) is 4.69. The number of nitrogens with one attached hydrogen (secondary N) is 2. The zero-order valence-electron chi connectivity index (χ0n) is 15.3. The van der Waals surface area contributed by atoms with Gasteiger partial charge >= 0.3 is 5.97 Å². The number of hydrogen-bond acceptors (Lipinski definition) is 4. The molecule has 0 aliphatic heterocycles. The number of aromatic amines is 1. The summed E-state index contributed by atoms with van der Waals surface area (Å²) in [6.45, 7) is 0. The fraction of sp³-hybridized carbons (Fsp3) is 0.136. The largest absolute Gasteiger partial charge is 0.467 e. The number of esters is 1. The number of carbonyl (C=O) groups is 2. The van der Waals surface area contributed by atoms with E-state index in [-0.39, 0.29) is 5.91 Å². The summed E-state index contributed by atoms with van der Waals surface area (Å²) >= 11 is 0. The number of aromatic nitrogens is 2. The Hall–Kier alpha value is -3.67. The van der Waals surface area contributed by atoms with Gasteiger partial charge in [0.25, 0.3) is 5.91 Å². The molecule has 0 radical (unpaired) electrons. The summed E-state index contributed by atoms with van der Waals surface area (Å²) in [4.78, 5) is 32.8. The zero-order chi connectivity index (χ0) is 19.5. The summed E-state index contributed by atoms with van der Waals surface area (Å²) in [5.74, 6) is -0.855. The minimum Gasteiger partial charge on any atom is -0.467 e. The molecule has 0 spiro atoms. The fourth-order valence-corrected chi connectivity index (χ4v) is 3.38. The van der Waals surface area contributed by atoms with Crippen LogP contribution in [-0.4, -0.2) is 35.0 Å². The topological polar surface area (TPSA) is 84.1 Å². The van der Waals surface area contributed by atoms with Gasteiger partial charge in [0.05, 0.1) is 18.2 Å². The molecule has 2 aromatic carbocycles. The lowest BCUT2D eigenvalue weighted by Crippen LogP contribution is -2.43. The van der Waals surface area contributed by atoms with E-state index in [2.05, 4.69) is 15.3 Å². The monoisotopic (exact) mass is 373 g/mol. The molecule has 4 rings (SSSR count). The van der Waals surface area contributed by atoms with Gasteiger partial charge in [0.15, 0.2) is 0 Å². The molecule has 0 saturated carbocycles. The Kier molecular flexibility index (Phi) is 4.76. The van der Waals surface area contributed by atoms with Crippen LogP contribution in [0.15, 0.2) is 67.0 Å². The van der Waals surface area contributed by atoms with Crippen molar-refractivity contribution < 1.29 is 14.3 Å². The van der Waals surface area contributed by atoms with Crippen molar-refractivity contribution in [3.63, 3.8) is 0 Å². The summed E-state index contributed by atoms with van der Waals surface area (Å²) in [6, 6.07) is 16.1. The summed E-state index contributed by atoms with van der Waals surface area (Å²) in [6.07, 6.45) is 3.82. The van der Waals surface area contributed by atoms with Gasteiger partial charge < -0.3 is 15.0 Å². The Morgan fingerprint density at radius 2 is 1.93 bits per heavy atom. The molecule has 0 aliphatic carbocycles. The van der Waals surface area contributed by atoms with Gasteiger partial charge in [-0.3, -0.25) is 9.78 Å². The average molecular weight is 373 g/mol. The first-order chi connectivity index (χ1) is 13.7. The second-order valence-electron chi connectivity index (χ2n) is 6.49. The first-order valence-electron chi connectivity index (χ1n) is 8.95. The molecule has 2 aromatic heterocycles. The maximum Gasteiger partial charge on any atom is 0.328 e. The Balaban J connectivity index is 1.63. The van der Waals surface area contributed by atoms with Crippen LogP contribution in [0.2, 0.25) is 0 Å². The number of hydrogen-bond donors (Lipinski definition) is 2. The van der Waals surface area contributed by atoms with Crippen LogP contribution in [0.3, 0.4) is 0 Å². The first-order valence-corrected chi connectivity index (χ1v) is 8.95. The minimum absolute atomic E-state index is 0.320. The smallest absolute Gasteiger partial charge is 0.328 e. The highest BCUT2D eigenvalue weighted by atomic mass is 16.5. The van der Waals surface area contributed by atoms with Gasteiger partial charge in [0, 0.05) is 35.1 Å².